The Morgan fingerprint density at radius 1 is 1.43 bits per heavy atom. The van der Waals surface area contributed by atoms with E-state index in [1.54, 1.807) is 6.07 Å². The van der Waals surface area contributed by atoms with Crippen LogP contribution in [-0.2, 0) is 0 Å². The lowest BCUT2D eigenvalue weighted by Gasteiger charge is -2.25. The lowest BCUT2D eigenvalue weighted by Crippen LogP contribution is -2.27. The second kappa shape index (κ2) is 4.13. The highest BCUT2D eigenvalue weighted by Gasteiger charge is 2.11. The summed E-state index contributed by atoms with van der Waals surface area (Å²) in [7, 11) is 0. The summed E-state index contributed by atoms with van der Waals surface area (Å²) in [5, 5.41) is 0. The monoisotopic (exact) mass is 254 g/mol. The van der Waals surface area contributed by atoms with Crippen LogP contribution in [0.5, 0.6) is 0 Å². The number of rotatable bonds is 1. The van der Waals surface area contributed by atoms with Crippen molar-refractivity contribution in [3.8, 4) is 0 Å². The third-order valence-electron chi connectivity index (χ3n) is 2.23. The Morgan fingerprint density at radius 3 is 2.93 bits per heavy atom. The molecule has 0 saturated heterocycles. The fourth-order valence-electron chi connectivity index (χ4n) is 1.52. The van der Waals surface area contributed by atoms with Crippen LogP contribution in [0.1, 0.15) is 6.42 Å². The first kappa shape index (κ1) is 9.71. The molecule has 1 radical (unpaired) electrons. The van der Waals surface area contributed by atoms with Crippen molar-refractivity contribution in [3.05, 3.63) is 40.6 Å². The summed E-state index contributed by atoms with van der Waals surface area (Å²) in [6.07, 6.45) is 5.94. The lowest BCUT2D eigenvalue weighted by molar-refractivity contribution is 0.617. The quantitative estimate of drug-likeness (QED) is 0.745. The van der Waals surface area contributed by atoms with Crippen LogP contribution in [-0.4, -0.2) is 13.1 Å². The van der Waals surface area contributed by atoms with E-state index in [9.17, 15) is 4.39 Å². The van der Waals surface area contributed by atoms with Gasteiger partial charge in [0.1, 0.15) is 5.82 Å². The molecule has 0 atom stereocenters. The van der Waals surface area contributed by atoms with Gasteiger partial charge in [0.15, 0.2) is 0 Å². The van der Waals surface area contributed by atoms with Crippen LogP contribution in [0, 0.1) is 11.9 Å². The van der Waals surface area contributed by atoms with E-state index in [0.717, 1.165) is 24.0 Å². The van der Waals surface area contributed by atoms with Gasteiger partial charge in [-0.25, -0.2) is 4.39 Å². The van der Waals surface area contributed by atoms with Crippen molar-refractivity contribution in [2.45, 2.75) is 6.42 Å². The molecule has 0 amide bonds. The maximum Gasteiger partial charge on any atom is 0.147 e. The summed E-state index contributed by atoms with van der Waals surface area (Å²) in [5.74, 6) is -0.172. The van der Waals surface area contributed by atoms with Crippen molar-refractivity contribution in [3.63, 3.8) is 0 Å². The standard InChI is InChI=1S/C11H10BrFN/c12-9-4-5-11(10(13)8-9)14-6-2-1-3-7-14/h2,4-5,8H,3,6-7H2. The molecule has 0 aliphatic carbocycles. The molecule has 73 valence electrons. The Hall–Kier alpha value is -0.830. The van der Waals surface area contributed by atoms with Crippen LogP contribution in [0.4, 0.5) is 10.1 Å². The first-order valence-corrected chi connectivity index (χ1v) is 5.32. The molecule has 1 aliphatic heterocycles. The number of nitrogens with zero attached hydrogens (tertiary/aromatic N) is 1. The summed E-state index contributed by atoms with van der Waals surface area (Å²) < 4.78 is 14.3. The largest absolute Gasteiger partial charge is 0.365 e. The van der Waals surface area contributed by atoms with E-state index >= 15 is 0 Å². The molecule has 1 nitrogen and oxygen atoms in total. The molecule has 0 unspecified atom stereocenters. The number of halogens is 2. The van der Waals surface area contributed by atoms with E-state index < -0.39 is 0 Å². The van der Waals surface area contributed by atoms with Crippen molar-refractivity contribution < 1.29 is 4.39 Å². The summed E-state index contributed by atoms with van der Waals surface area (Å²) in [6, 6.07) is 5.16. The van der Waals surface area contributed by atoms with Crippen LogP contribution in [0.25, 0.3) is 0 Å². The minimum Gasteiger partial charge on any atom is -0.365 e. The number of anilines is 1. The lowest BCUT2D eigenvalue weighted by atomic mass is 10.2. The first-order chi connectivity index (χ1) is 6.77. The van der Waals surface area contributed by atoms with Gasteiger partial charge in [-0.05, 0) is 30.7 Å². The third-order valence-corrected chi connectivity index (χ3v) is 2.73. The molecule has 0 bridgehead atoms. The first-order valence-electron chi connectivity index (χ1n) is 4.52. The van der Waals surface area contributed by atoms with Gasteiger partial charge < -0.3 is 4.90 Å². The predicted molar refractivity (Wildman–Crippen MR) is 58.7 cm³/mol. The maximum absolute atomic E-state index is 13.5. The van der Waals surface area contributed by atoms with Gasteiger partial charge >= 0.3 is 0 Å². The number of hydrogen-bond donors (Lipinski definition) is 0. The van der Waals surface area contributed by atoms with E-state index in [1.807, 2.05) is 17.0 Å². The molecule has 1 heterocycles. The van der Waals surface area contributed by atoms with Crippen LogP contribution in [0.15, 0.2) is 28.7 Å². The van der Waals surface area contributed by atoms with Gasteiger partial charge in [-0.3, -0.25) is 0 Å². The third kappa shape index (κ3) is 1.98. The molecule has 0 spiro atoms. The molecule has 0 N–H and O–H groups in total. The fraction of sp³-hybridized carbons (Fsp3) is 0.273. The van der Waals surface area contributed by atoms with E-state index in [4.69, 9.17) is 0 Å². The molecule has 1 aromatic rings. The minimum atomic E-state index is -0.172. The zero-order chi connectivity index (χ0) is 9.97. The van der Waals surface area contributed by atoms with Crippen LogP contribution >= 0.6 is 15.9 Å². The van der Waals surface area contributed by atoms with Crippen molar-refractivity contribution in [1.82, 2.24) is 0 Å². The molecular formula is C11H10BrFN. The van der Waals surface area contributed by atoms with Gasteiger partial charge in [0.2, 0.25) is 0 Å². The Kier molecular flexibility index (Phi) is 2.87. The number of hydrogen-bond acceptors (Lipinski definition) is 1. The average molecular weight is 255 g/mol. The predicted octanol–water partition coefficient (Wildman–Crippen LogP) is 3.16. The molecule has 14 heavy (non-hydrogen) atoms. The zero-order valence-corrected chi connectivity index (χ0v) is 9.22. The summed E-state index contributed by atoms with van der Waals surface area (Å²) in [6.45, 7) is 1.59. The highest BCUT2D eigenvalue weighted by atomic mass is 79.9. The Balaban J connectivity index is 2.27. The molecule has 2 rings (SSSR count). The second-order valence-electron chi connectivity index (χ2n) is 3.20. The average Bonchev–Trinajstić information content (AvgIpc) is 2.19. The highest BCUT2D eigenvalue weighted by molar-refractivity contribution is 9.10. The molecule has 1 aromatic carbocycles. The van der Waals surface area contributed by atoms with Gasteiger partial charge in [0, 0.05) is 17.6 Å². The second-order valence-corrected chi connectivity index (χ2v) is 4.12. The summed E-state index contributed by atoms with van der Waals surface area (Å²) >= 11 is 3.24. The SMILES string of the molecule is Fc1cc(Br)ccc1N1CC=[C]CC1. The molecular weight excluding hydrogens is 245 g/mol. The van der Waals surface area contributed by atoms with Gasteiger partial charge in [-0.1, -0.05) is 22.0 Å². The summed E-state index contributed by atoms with van der Waals surface area (Å²) in [5.41, 5.74) is 0.672. The molecule has 0 fully saturated rings. The Labute approximate surface area is 91.4 Å². The molecule has 0 aromatic heterocycles. The van der Waals surface area contributed by atoms with Gasteiger partial charge in [-0.2, -0.15) is 0 Å². The van der Waals surface area contributed by atoms with Gasteiger partial charge in [0.25, 0.3) is 0 Å². The maximum atomic E-state index is 13.5. The topological polar surface area (TPSA) is 3.24 Å². The minimum absolute atomic E-state index is 0.172. The van der Waals surface area contributed by atoms with Gasteiger partial charge in [-0.15, -0.1) is 0 Å². The zero-order valence-electron chi connectivity index (χ0n) is 7.63. The van der Waals surface area contributed by atoms with E-state index in [-0.39, 0.29) is 5.82 Å². The normalized spacial score (nSPS) is 16.0. The van der Waals surface area contributed by atoms with E-state index in [0.29, 0.717) is 5.69 Å². The Morgan fingerprint density at radius 2 is 2.29 bits per heavy atom. The fourth-order valence-corrected chi connectivity index (χ4v) is 1.86. The Bertz CT molecular complexity index is 362. The van der Waals surface area contributed by atoms with Crippen LogP contribution in [0.3, 0.4) is 0 Å². The molecule has 1 aliphatic rings. The van der Waals surface area contributed by atoms with Crippen molar-refractivity contribution in [2.24, 2.45) is 0 Å². The molecule has 0 saturated carbocycles. The smallest absolute Gasteiger partial charge is 0.147 e. The van der Waals surface area contributed by atoms with Gasteiger partial charge in [0.05, 0.1) is 5.69 Å². The van der Waals surface area contributed by atoms with Crippen molar-refractivity contribution >= 4 is 21.6 Å². The van der Waals surface area contributed by atoms with E-state index in [2.05, 4.69) is 22.0 Å². The van der Waals surface area contributed by atoms with E-state index in [1.165, 1.54) is 6.07 Å². The van der Waals surface area contributed by atoms with Crippen molar-refractivity contribution in [1.29, 1.82) is 0 Å². The highest BCUT2D eigenvalue weighted by Crippen LogP contribution is 2.24. The van der Waals surface area contributed by atoms with Crippen molar-refractivity contribution in [2.75, 3.05) is 18.0 Å². The number of benzene rings is 1. The summed E-state index contributed by atoms with van der Waals surface area (Å²) in [4.78, 5) is 2.01. The van der Waals surface area contributed by atoms with Crippen LogP contribution < -0.4 is 4.90 Å². The van der Waals surface area contributed by atoms with Crippen LogP contribution in [0.2, 0.25) is 0 Å². The molecule has 3 heteroatoms.